The third kappa shape index (κ3) is 5.20. The van der Waals surface area contributed by atoms with Crippen molar-refractivity contribution in [2.75, 3.05) is 10.6 Å². The summed E-state index contributed by atoms with van der Waals surface area (Å²) >= 11 is 6.02. The van der Waals surface area contributed by atoms with Gasteiger partial charge in [-0.05, 0) is 62.7 Å². The minimum atomic E-state index is -0.289. The monoisotopic (exact) mass is 396 g/mol. The molecule has 0 aliphatic carbocycles. The Hall–Kier alpha value is -3.12. The number of hydrogen-bond donors (Lipinski definition) is 2. The molecule has 0 spiro atoms. The van der Waals surface area contributed by atoms with Crippen LogP contribution in [0.5, 0.6) is 5.75 Å². The molecule has 0 saturated carbocycles. The molecule has 3 aromatic rings. The number of benzene rings is 2. The summed E-state index contributed by atoms with van der Waals surface area (Å²) in [5, 5.41) is 6.53. The highest BCUT2D eigenvalue weighted by Crippen LogP contribution is 2.22. The van der Waals surface area contributed by atoms with E-state index in [4.69, 9.17) is 16.3 Å². The summed E-state index contributed by atoms with van der Waals surface area (Å²) in [6.45, 7) is 5.88. The molecule has 0 bridgehead atoms. The maximum absolute atomic E-state index is 12.4. The van der Waals surface area contributed by atoms with Gasteiger partial charge in [-0.15, -0.1) is 0 Å². The van der Waals surface area contributed by atoms with Gasteiger partial charge in [0, 0.05) is 28.8 Å². The Morgan fingerprint density at radius 3 is 2.39 bits per heavy atom. The summed E-state index contributed by atoms with van der Waals surface area (Å²) in [4.78, 5) is 20.8. The number of hydrogen-bond acceptors (Lipinski definition) is 5. The molecule has 144 valence electrons. The highest BCUT2D eigenvalue weighted by atomic mass is 35.5. The number of anilines is 3. The van der Waals surface area contributed by atoms with Crippen LogP contribution in [0.2, 0.25) is 5.02 Å². The van der Waals surface area contributed by atoms with Crippen molar-refractivity contribution in [2.45, 2.75) is 26.9 Å². The summed E-state index contributed by atoms with van der Waals surface area (Å²) in [7, 11) is 0. The topological polar surface area (TPSA) is 76.1 Å². The lowest BCUT2D eigenvalue weighted by Gasteiger charge is -2.11. The van der Waals surface area contributed by atoms with E-state index in [9.17, 15) is 4.79 Å². The van der Waals surface area contributed by atoms with Crippen molar-refractivity contribution in [1.82, 2.24) is 9.97 Å². The first kappa shape index (κ1) is 19.6. The number of halogens is 1. The molecular weight excluding hydrogens is 376 g/mol. The first-order valence-electron chi connectivity index (χ1n) is 8.84. The Morgan fingerprint density at radius 1 is 1.07 bits per heavy atom. The fourth-order valence-electron chi connectivity index (χ4n) is 2.45. The fourth-order valence-corrected chi connectivity index (χ4v) is 2.62. The van der Waals surface area contributed by atoms with Gasteiger partial charge < -0.3 is 15.4 Å². The van der Waals surface area contributed by atoms with Gasteiger partial charge >= 0.3 is 0 Å². The molecule has 0 saturated heterocycles. The number of aromatic nitrogens is 2. The molecule has 0 fully saturated rings. The van der Waals surface area contributed by atoms with Crippen LogP contribution in [0, 0.1) is 6.92 Å². The minimum Gasteiger partial charge on any atom is -0.491 e. The van der Waals surface area contributed by atoms with Crippen LogP contribution in [0.15, 0.2) is 54.9 Å². The van der Waals surface area contributed by atoms with E-state index in [1.165, 1.54) is 12.4 Å². The fraction of sp³-hybridized carbons (Fsp3) is 0.190. The van der Waals surface area contributed by atoms with E-state index in [1.54, 1.807) is 18.2 Å². The highest BCUT2D eigenvalue weighted by molar-refractivity contribution is 6.30. The number of nitrogens with zero attached hydrogens (tertiary/aromatic N) is 2. The van der Waals surface area contributed by atoms with Crippen molar-refractivity contribution in [3.63, 3.8) is 0 Å². The van der Waals surface area contributed by atoms with E-state index in [0.29, 0.717) is 22.2 Å². The Balaban J connectivity index is 1.64. The van der Waals surface area contributed by atoms with Gasteiger partial charge in [-0.2, -0.15) is 0 Å². The smallest absolute Gasteiger partial charge is 0.258 e. The summed E-state index contributed by atoms with van der Waals surface area (Å²) in [6.07, 6.45) is 3.04. The lowest BCUT2D eigenvalue weighted by atomic mass is 10.2. The molecule has 6 nitrogen and oxygen atoms in total. The van der Waals surface area contributed by atoms with Gasteiger partial charge in [0.1, 0.15) is 5.75 Å². The number of nitrogens with one attached hydrogen (secondary N) is 2. The van der Waals surface area contributed by atoms with E-state index in [-0.39, 0.29) is 12.0 Å². The van der Waals surface area contributed by atoms with Crippen LogP contribution >= 0.6 is 11.6 Å². The van der Waals surface area contributed by atoms with Crippen molar-refractivity contribution >= 4 is 34.8 Å². The van der Waals surface area contributed by atoms with E-state index < -0.39 is 0 Å². The summed E-state index contributed by atoms with van der Waals surface area (Å²) < 4.78 is 5.59. The molecule has 28 heavy (non-hydrogen) atoms. The normalized spacial score (nSPS) is 10.6. The highest BCUT2D eigenvalue weighted by Gasteiger charge is 2.09. The van der Waals surface area contributed by atoms with Gasteiger partial charge in [-0.1, -0.05) is 17.7 Å². The molecule has 0 radical (unpaired) electrons. The van der Waals surface area contributed by atoms with Crippen molar-refractivity contribution in [3.8, 4) is 5.75 Å². The molecule has 1 heterocycles. The minimum absolute atomic E-state index is 0.0976. The molecule has 1 amide bonds. The second-order valence-corrected chi connectivity index (χ2v) is 6.96. The lowest BCUT2D eigenvalue weighted by molar-refractivity contribution is 0.102. The first-order valence-corrected chi connectivity index (χ1v) is 9.22. The predicted octanol–water partition coefficient (Wildman–Crippen LogP) is 5.22. The van der Waals surface area contributed by atoms with E-state index in [1.807, 2.05) is 45.0 Å². The average molecular weight is 397 g/mol. The second kappa shape index (κ2) is 8.71. The molecule has 0 aliphatic heterocycles. The van der Waals surface area contributed by atoms with Crippen LogP contribution in [-0.2, 0) is 0 Å². The largest absolute Gasteiger partial charge is 0.491 e. The summed E-state index contributed by atoms with van der Waals surface area (Å²) in [5.74, 6) is 0.850. The third-order valence-corrected chi connectivity index (χ3v) is 4.08. The zero-order valence-corrected chi connectivity index (χ0v) is 16.6. The molecule has 0 aliphatic rings. The van der Waals surface area contributed by atoms with E-state index in [0.717, 1.165) is 17.0 Å². The number of carbonyl (C=O) groups excluding carboxylic acids is 1. The van der Waals surface area contributed by atoms with Crippen LogP contribution in [0.3, 0.4) is 0 Å². The zero-order chi connectivity index (χ0) is 20.1. The number of amides is 1. The number of carbonyl (C=O) groups is 1. The molecule has 2 aromatic carbocycles. The number of ether oxygens (including phenoxy) is 1. The van der Waals surface area contributed by atoms with Crippen LogP contribution in [0.25, 0.3) is 0 Å². The molecule has 7 heteroatoms. The SMILES string of the molecule is Cc1ccc(Cl)cc1Nc1ncc(C(=O)Nc2ccc(OC(C)C)cc2)cn1. The Morgan fingerprint density at radius 2 is 1.75 bits per heavy atom. The molecule has 1 aromatic heterocycles. The van der Waals surface area contributed by atoms with Crippen molar-refractivity contribution in [1.29, 1.82) is 0 Å². The van der Waals surface area contributed by atoms with Gasteiger partial charge in [0.2, 0.25) is 5.95 Å². The summed E-state index contributed by atoms with van der Waals surface area (Å²) in [5.41, 5.74) is 2.85. The Bertz CT molecular complexity index is 957. The standard InChI is InChI=1S/C21H21ClN4O2/c1-13(2)28-18-8-6-17(7-9-18)25-20(27)15-11-23-21(24-12-15)26-19-10-16(22)5-4-14(19)3/h4-13H,1-3H3,(H,25,27)(H,23,24,26). The van der Waals surface area contributed by atoms with Gasteiger partial charge in [-0.3, -0.25) is 4.79 Å². The maximum Gasteiger partial charge on any atom is 0.258 e. The van der Waals surface area contributed by atoms with Crippen LogP contribution in [0.4, 0.5) is 17.3 Å². The quantitative estimate of drug-likeness (QED) is 0.597. The van der Waals surface area contributed by atoms with Crippen molar-refractivity contribution in [3.05, 3.63) is 71.0 Å². The van der Waals surface area contributed by atoms with Crippen LogP contribution in [-0.4, -0.2) is 22.0 Å². The van der Waals surface area contributed by atoms with Crippen molar-refractivity contribution in [2.24, 2.45) is 0 Å². The Labute approximate surface area is 168 Å². The first-order chi connectivity index (χ1) is 13.4. The van der Waals surface area contributed by atoms with Crippen LogP contribution in [0.1, 0.15) is 29.8 Å². The molecule has 3 rings (SSSR count). The van der Waals surface area contributed by atoms with E-state index in [2.05, 4.69) is 20.6 Å². The van der Waals surface area contributed by atoms with Gasteiger partial charge in [0.25, 0.3) is 5.91 Å². The Kier molecular flexibility index (Phi) is 6.11. The maximum atomic E-state index is 12.4. The lowest BCUT2D eigenvalue weighted by Crippen LogP contribution is -2.13. The molecule has 0 unspecified atom stereocenters. The summed E-state index contributed by atoms with van der Waals surface area (Å²) in [6, 6.07) is 12.7. The van der Waals surface area contributed by atoms with Gasteiger partial charge in [-0.25, -0.2) is 9.97 Å². The van der Waals surface area contributed by atoms with Crippen LogP contribution < -0.4 is 15.4 Å². The predicted molar refractivity (Wildman–Crippen MR) is 112 cm³/mol. The molecule has 2 N–H and O–H groups in total. The van der Waals surface area contributed by atoms with Gasteiger partial charge in [0.15, 0.2) is 0 Å². The molecule has 0 atom stereocenters. The number of aryl methyl sites for hydroxylation is 1. The molecular formula is C21H21ClN4O2. The average Bonchev–Trinajstić information content (AvgIpc) is 2.66. The zero-order valence-electron chi connectivity index (χ0n) is 15.9. The third-order valence-electron chi connectivity index (χ3n) is 3.84. The van der Waals surface area contributed by atoms with Crippen molar-refractivity contribution < 1.29 is 9.53 Å². The second-order valence-electron chi connectivity index (χ2n) is 6.52. The number of rotatable bonds is 6. The van der Waals surface area contributed by atoms with Gasteiger partial charge in [0.05, 0.1) is 11.7 Å². The van der Waals surface area contributed by atoms with E-state index >= 15 is 0 Å².